The molecule has 0 radical (unpaired) electrons. The Bertz CT molecular complexity index is 1180. The van der Waals surface area contributed by atoms with Crippen molar-refractivity contribution in [2.24, 2.45) is 0 Å². The van der Waals surface area contributed by atoms with E-state index in [0.29, 0.717) is 25.3 Å². The molecule has 3 rings (SSSR count). The summed E-state index contributed by atoms with van der Waals surface area (Å²) in [7, 11) is -3.94. The molecule has 0 fully saturated rings. The van der Waals surface area contributed by atoms with Gasteiger partial charge in [0.25, 0.3) is 16.0 Å². The molecule has 0 spiro atoms. The number of amides is 1. The molecule has 0 aliphatic heterocycles. The van der Waals surface area contributed by atoms with E-state index in [9.17, 15) is 13.2 Å². The van der Waals surface area contributed by atoms with Crippen LogP contribution in [0, 0.1) is 0 Å². The van der Waals surface area contributed by atoms with Gasteiger partial charge in [0.1, 0.15) is 0 Å². The average Bonchev–Trinajstić information content (AvgIpc) is 2.93. The Kier molecular flexibility index (Phi) is 11.3. The van der Waals surface area contributed by atoms with Gasteiger partial charge in [0.05, 0.1) is 24.7 Å². The number of hydrogen-bond donors (Lipinski definition) is 0. The van der Waals surface area contributed by atoms with Gasteiger partial charge in [-0.1, -0.05) is 81.3 Å². The Morgan fingerprint density at radius 3 is 1.95 bits per heavy atom. The smallest absolute Gasteiger partial charge is 0.297 e. The quantitative estimate of drug-likeness (QED) is 0.172. The maximum absolute atomic E-state index is 12.9. The van der Waals surface area contributed by atoms with Crippen LogP contribution in [0.3, 0.4) is 0 Å². The zero-order valence-electron chi connectivity index (χ0n) is 21.8. The van der Waals surface area contributed by atoms with Crippen molar-refractivity contribution in [1.29, 1.82) is 0 Å². The van der Waals surface area contributed by atoms with E-state index < -0.39 is 10.1 Å². The van der Waals surface area contributed by atoms with Crippen LogP contribution in [0.15, 0.2) is 83.8 Å². The molecule has 37 heavy (non-hydrogen) atoms. The van der Waals surface area contributed by atoms with Gasteiger partial charge in [-0.3, -0.25) is 8.98 Å². The SMILES string of the molecule is CCCCN(CCCC)C(=O)c1ccc(S(=O)(=O)OCCOCc2ccc(-c3ccccc3)cc2)cc1. The molecule has 1 amide bonds. The second-order valence-corrected chi connectivity index (χ2v) is 10.5. The summed E-state index contributed by atoms with van der Waals surface area (Å²) in [5, 5.41) is 0. The lowest BCUT2D eigenvalue weighted by Crippen LogP contribution is -2.33. The van der Waals surface area contributed by atoms with Crippen molar-refractivity contribution in [3.8, 4) is 11.1 Å². The fourth-order valence-corrected chi connectivity index (χ4v) is 4.74. The molecule has 6 nitrogen and oxygen atoms in total. The number of hydrogen-bond acceptors (Lipinski definition) is 5. The largest absolute Gasteiger partial charge is 0.374 e. The molecule has 198 valence electrons. The minimum atomic E-state index is -3.94. The monoisotopic (exact) mass is 523 g/mol. The second kappa shape index (κ2) is 14.7. The average molecular weight is 524 g/mol. The summed E-state index contributed by atoms with van der Waals surface area (Å²) in [5.74, 6) is -0.0723. The maximum atomic E-state index is 12.9. The number of unbranched alkanes of at least 4 members (excludes halogenated alkanes) is 2. The zero-order valence-corrected chi connectivity index (χ0v) is 22.6. The molecular formula is C30H37NO5S. The van der Waals surface area contributed by atoms with Crippen molar-refractivity contribution in [3.05, 3.63) is 90.0 Å². The molecule has 0 atom stereocenters. The summed E-state index contributed by atoms with van der Waals surface area (Å²) in [6.07, 6.45) is 3.90. The molecule has 0 heterocycles. The molecule has 0 aliphatic carbocycles. The highest BCUT2D eigenvalue weighted by Gasteiger charge is 2.18. The second-order valence-electron chi connectivity index (χ2n) is 8.92. The Morgan fingerprint density at radius 1 is 0.757 bits per heavy atom. The summed E-state index contributed by atoms with van der Waals surface area (Å²) < 4.78 is 35.9. The molecule has 0 saturated carbocycles. The Labute approximate surface area is 221 Å². The Morgan fingerprint density at radius 2 is 1.35 bits per heavy atom. The number of nitrogens with zero attached hydrogens (tertiary/aromatic N) is 1. The summed E-state index contributed by atoms with van der Waals surface area (Å²) in [4.78, 5) is 14.8. The van der Waals surface area contributed by atoms with E-state index >= 15 is 0 Å². The minimum Gasteiger partial charge on any atom is -0.374 e. The van der Waals surface area contributed by atoms with Crippen LogP contribution >= 0.6 is 0 Å². The third kappa shape index (κ3) is 8.81. The van der Waals surface area contributed by atoms with E-state index in [2.05, 4.69) is 26.0 Å². The minimum absolute atomic E-state index is 0.0224. The standard InChI is InChI=1S/C30H37NO5S/c1-3-5-20-31(21-6-4-2)30(32)28-16-18-29(19-17-28)37(33,34)36-23-22-35-24-25-12-14-27(15-13-25)26-10-8-7-9-11-26/h7-19H,3-6,20-24H2,1-2H3. The lowest BCUT2D eigenvalue weighted by atomic mass is 10.0. The van der Waals surface area contributed by atoms with Crippen molar-refractivity contribution >= 4 is 16.0 Å². The Hall–Kier alpha value is -3.00. The number of rotatable bonds is 15. The number of ether oxygens (including phenoxy) is 1. The third-order valence-corrected chi connectivity index (χ3v) is 7.36. The predicted molar refractivity (Wildman–Crippen MR) is 147 cm³/mol. The highest BCUT2D eigenvalue weighted by Crippen LogP contribution is 2.20. The van der Waals surface area contributed by atoms with Crippen molar-refractivity contribution in [2.45, 2.75) is 51.0 Å². The number of benzene rings is 3. The van der Waals surface area contributed by atoms with Crippen LogP contribution in [0.4, 0.5) is 0 Å². The molecule has 3 aromatic rings. The summed E-state index contributed by atoms with van der Waals surface area (Å²) in [6, 6.07) is 24.1. The van der Waals surface area contributed by atoms with E-state index in [1.54, 1.807) is 12.1 Å². The fraction of sp³-hybridized carbons (Fsp3) is 0.367. The van der Waals surface area contributed by atoms with Crippen LogP contribution < -0.4 is 0 Å². The van der Waals surface area contributed by atoms with E-state index in [4.69, 9.17) is 8.92 Å². The molecular weight excluding hydrogens is 486 g/mol. The number of carbonyl (C=O) groups excluding carboxylic acids is 1. The fourth-order valence-electron chi connectivity index (χ4n) is 3.84. The van der Waals surface area contributed by atoms with E-state index in [1.165, 1.54) is 12.1 Å². The summed E-state index contributed by atoms with van der Waals surface area (Å²) >= 11 is 0. The van der Waals surface area contributed by atoms with Crippen LogP contribution in [0.25, 0.3) is 11.1 Å². The molecule has 0 unspecified atom stereocenters. The topological polar surface area (TPSA) is 72.9 Å². The first-order valence-corrected chi connectivity index (χ1v) is 14.4. The van der Waals surface area contributed by atoms with Crippen LogP contribution in [-0.4, -0.2) is 45.5 Å². The van der Waals surface area contributed by atoms with Crippen LogP contribution in [0.5, 0.6) is 0 Å². The molecule has 0 saturated heterocycles. The van der Waals surface area contributed by atoms with Crippen LogP contribution in [0.2, 0.25) is 0 Å². The van der Waals surface area contributed by atoms with Crippen LogP contribution in [0.1, 0.15) is 55.5 Å². The lowest BCUT2D eigenvalue weighted by molar-refractivity contribution is 0.0751. The van der Waals surface area contributed by atoms with Gasteiger partial charge in [-0.25, -0.2) is 0 Å². The molecule has 0 N–H and O–H groups in total. The molecule has 0 aliphatic rings. The first kappa shape index (κ1) is 28.6. The van der Waals surface area contributed by atoms with Gasteiger partial charge in [0, 0.05) is 18.7 Å². The third-order valence-electron chi connectivity index (χ3n) is 6.04. The predicted octanol–water partition coefficient (Wildman–Crippen LogP) is 6.32. The zero-order chi connectivity index (χ0) is 26.5. The van der Waals surface area contributed by atoms with Gasteiger partial charge in [-0.05, 0) is 53.8 Å². The van der Waals surface area contributed by atoms with Crippen molar-refractivity contribution < 1.29 is 22.1 Å². The van der Waals surface area contributed by atoms with Gasteiger partial charge in [-0.2, -0.15) is 8.42 Å². The normalized spacial score (nSPS) is 11.4. The number of carbonyl (C=O) groups is 1. The van der Waals surface area contributed by atoms with Gasteiger partial charge in [0.2, 0.25) is 0 Å². The molecule has 0 aromatic heterocycles. The summed E-state index contributed by atoms with van der Waals surface area (Å²) in [5.41, 5.74) is 3.75. The highest BCUT2D eigenvalue weighted by atomic mass is 32.2. The molecule has 3 aromatic carbocycles. The summed E-state index contributed by atoms with van der Waals surface area (Å²) in [6.45, 7) is 6.01. The van der Waals surface area contributed by atoms with Gasteiger partial charge in [0.15, 0.2) is 0 Å². The van der Waals surface area contributed by atoms with Crippen molar-refractivity contribution in [2.75, 3.05) is 26.3 Å². The van der Waals surface area contributed by atoms with Gasteiger partial charge < -0.3 is 9.64 Å². The van der Waals surface area contributed by atoms with Crippen molar-refractivity contribution in [3.63, 3.8) is 0 Å². The van der Waals surface area contributed by atoms with E-state index in [0.717, 1.165) is 42.4 Å². The van der Waals surface area contributed by atoms with Gasteiger partial charge >= 0.3 is 0 Å². The first-order valence-electron chi connectivity index (χ1n) is 13.0. The van der Waals surface area contributed by atoms with Crippen LogP contribution in [-0.2, 0) is 25.6 Å². The van der Waals surface area contributed by atoms with E-state index in [-0.39, 0.29) is 24.0 Å². The van der Waals surface area contributed by atoms with E-state index in [1.807, 2.05) is 47.4 Å². The Balaban J connectivity index is 1.46. The maximum Gasteiger partial charge on any atom is 0.297 e. The highest BCUT2D eigenvalue weighted by molar-refractivity contribution is 7.86. The van der Waals surface area contributed by atoms with Crippen molar-refractivity contribution in [1.82, 2.24) is 4.90 Å². The first-order chi connectivity index (χ1) is 17.9. The lowest BCUT2D eigenvalue weighted by Gasteiger charge is -2.22. The molecule has 7 heteroatoms. The van der Waals surface area contributed by atoms with Gasteiger partial charge in [-0.15, -0.1) is 0 Å². The molecule has 0 bridgehead atoms.